The van der Waals surface area contributed by atoms with Gasteiger partial charge in [-0.15, -0.1) is 0 Å². The minimum atomic E-state index is -3.41. The van der Waals surface area contributed by atoms with E-state index in [0.29, 0.717) is 0 Å². The number of nitrogens with one attached hydrogen (secondary N) is 1. The highest BCUT2D eigenvalue weighted by molar-refractivity contribution is 7.89. The molecule has 0 bridgehead atoms. The van der Waals surface area contributed by atoms with Gasteiger partial charge in [0.25, 0.3) is 0 Å². The first-order valence-corrected chi connectivity index (χ1v) is 9.56. The van der Waals surface area contributed by atoms with Crippen molar-refractivity contribution in [1.82, 2.24) is 14.0 Å². The fourth-order valence-corrected chi connectivity index (χ4v) is 2.89. The van der Waals surface area contributed by atoms with Crippen molar-refractivity contribution in [3.8, 4) is 0 Å². The molecule has 0 aliphatic rings. The van der Waals surface area contributed by atoms with Crippen LogP contribution in [0.3, 0.4) is 0 Å². The van der Waals surface area contributed by atoms with Crippen LogP contribution in [0.25, 0.3) is 0 Å². The summed E-state index contributed by atoms with van der Waals surface area (Å²) in [5, 5.41) is 0. The molecule has 0 aliphatic carbocycles. The zero-order valence-corrected chi connectivity index (χ0v) is 13.1. The van der Waals surface area contributed by atoms with E-state index in [0.717, 1.165) is 11.8 Å². The van der Waals surface area contributed by atoms with Crippen LogP contribution in [0, 0.1) is 0 Å². The molecule has 0 amide bonds. The standard InChI is InChI=1S/C11H19N3O4S2/c1-3-20(17,18)13-8-9-14(19(2,15)16)10-11-4-6-12-7-5-11/h4-7,13H,3,8-10H2,1-2H3. The number of hydrogen-bond donors (Lipinski definition) is 1. The molecule has 1 N–H and O–H groups in total. The van der Waals surface area contributed by atoms with Crippen LogP contribution in [0.1, 0.15) is 12.5 Å². The molecule has 0 radical (unpaired) electrons. The summed E-state index contributed by atoms with van der Waals surface area (Å²) in [7, 11) is -6.72. The van der Waals surface area contributed by atoms with Crippen molar-refractivity contribution in [1.29, 1.82) is 0 Å². The number of aromatic nitrogens is 1. The Balaban J connectivity index is 2.68. The first kappa shape index (κ1) is 17.0. The molecule has 9 heteroatoms. The number of pyridine rings is 1. The third-order valence-electron chi connectivity index (χ3n) is 2.64. The molecular weight excluding hydrogens is 302 g/mol. The lowest BCUT2D eigenvalue weighted by Crippen LogP contribution is -2.38. The van der Waals surface area contributed by atoms with E-state index in [-0.39, 0.29) is 25.4 Å². The number of nitrogens with zero attached hydrogens (tertiary/aromatic N) is 2. The minimum Gasteiger partial charge on any atom is -0.265 e. The maximum atomic E-state index is 11.7. The van der Waals surface area contributed by atoms with Crippen molar-refractivity contribution >= 4 is 20.0 Å². The maximum absolute atomic E-state index is 11.7. The fraction of sp³-hybridized carbons (Fsp3) is 0.545. The zero-order chi connectivity index (χ0) is 15.2. The summed E-state index contributed by atoms with van der Waals surface area (Å²) < 4.78 is 49.6. The number of hydrogen-bond acceptors (Lipinski definition) is 5. The quantitative estimate of drug-likeness (QED) is 0.714. The predicted octanol–water partition coefficient (Wildman–Crippen LogP) is -0.217. The molecule has 114 valence electrons. The van der Waals surface area contributed by atoms with E-state index in [1.165, 1.54) is 11.2 Å². The van der Waals surface area contributed by atoms with E-state index in [4.69, 9.17) is 0 Å². The van der Waals surface area contributed by atoms with Crippen LogP contribution in [-0.4, -0.2) is 51.2 Å². The Morgan fingerprint density at radius 1 is 1.20 bits per heavy atom. The second-order valence-electron chi connectivity index (χ2n) is 4.25. The topological polar surface area (TPSA) is 96.4 Å². The van der Waals surface area contributed by atoms with Gasteiger partial charge in [-0.25, -0.2) is 21.6 Å². The Labute approximate surface area is 120 Å². The highest BCUT2D eigenvalue weighted by atomic mass is 32.2. The zero-order valence-electron chi connectivity index (χ0n) is 11.5. The molecule has 0 fully saturated rings. The van der Waals surface area contributed by atoms with Gasteiger partial charge in [-0.1, -0.05) is 0 Å². The smallest absolute Gasteiger partial charge is 0.211 e. The molecule has 0 saturated heterocycles. The summed E-state index contributed by atoms with van der Waals surface area (Å²) in [6.45, 7) is 1.84. The summed E-state index contributed by atoms with van der Waals surface area (Å²) in [6, 6.07) is 3.43. The highest BCUT2D eigenvalue weighted by Gasteiger charge is 2.17. The van der Waals surface area contributed by atoms with Crippen LogP contribution in [-0.2, 0) is 26.6 Å². The van der Waals surface area contributed by atoms with E-state index in [2.05, 4.69) is 9.71 Å². The van der Waals surface area contributed by atoms with Gasteiger partial charge in [-0.3, -0.25) is 4.98 Å². The van der Waals surface area contributed by atoms with E-state index in [1.807, 2.05) is 0 Å². The van der Waals surface area contributed by atoms with Crippen molar-refractivity contribution in [2.75, 3.05) is 25.1 Å². The van der Waals surface area contributed by atoms with Gasteiger partial charge in [0.05, 0.1) is 12.0 Å². The van der Waals surface area contributed by atoms with Crippen molar-refractivity contribution in [2.24, 2.45) is 0 Å². The predicted molar refractivity (Wildman–Crippen MR) is 77.0 cm³/mol. The van der Waals surface area contributed by atoms with Gasteiger partial charge in [0, 0.05) is 32.0 Å². The monoisotopic (exact) mass is 321 g/mol. The van der Waals surface area contributed by atoms with Gasteiger partial charge in [0.1, 0.15) is 0 Å². The molecule has 0 atom stereocenters. The average Bonchev–Trinajstić information content (AvgIpc) is 2.37. The van der Waals surface area contributed by atoms with Crippen molar-refractivity contribution in [3.05, 3.63) is 30.1 Å². The Bertz CT molecular complexity index is 614. The van der Waals surface area contributed by atoms with Gasteiger partial charge >= 0.3 is 0 Å². The van der Waals surface area contributed by atoms with E-state index in [9.17, 15) is 16.8 Å². The Hall–Kier alpha value is -1.03. The summed E-state index contributed by atoms with van der Waals surface area (Å²) in [6.07, 6.45) is 4.26. The molecule has 0 aromatic carbocycles. The van der Waals surface area contributed by atoms with Crippen LogP contribution in [0.15, 0.2) is 24.5 Å². The lowest BCUT2D eigenvalue weighted by Gasteiger charge is -2.20. The van der Waals surface area contributed by atoms with Gasteiger partial charge in [-0.2, -0.15) is 4.31 Å². The third kappa shape index (κ3) is 5.95. The molecule has 1 aromatic heterocycles. The fourth-order valence-electron chi connectivity index (χ4n) is 1.48. The van der Waals surface area contributed by atoms with Crippen LogP contribution in [0.5, 0.6) is 0 Å². The largest absolute Gasteiger partial charge is 0.265 e. The number of sulfonamides is 2. The van der Waals surface area contributed by atoms with Crippen LogP contribution in [0.2, 0.25) is 0 Å². The SMILES string of the molecule is CCS(=O)(=O)NCCN(Cc1ccncc1)S(C)(=O)=O. The van der Waals surface area contributed by atoms with Gasteiger partial charge in [0.2, 0.25) is 20.0 Å². The lowest BCUT2D eigenvalue weighted by atomic mass is 10.3. The first-order chi connectivity index (χ1) is 9.24. The molecule has 0 aliphatic heterocycles. The van der Waals surface area contributed by atoms with Crippen LogP contribution in [0.4, 0.5) is 0 Å². The Morgan fingerprint density at radius 3 is 2.30 bits per heavy atom. The van der Waals surface area contributed by atoms with Gasteiger partial charge in [-0.05, 0) is 24.6 Å². The molecule has 1 rings (SSSR count). The van der Waals surface area contributed by atoms with Crippen molar-refractivity contribution < 1.29 is 16.8 Å². The van der Waals surface area contributed by atoms with Crippen molar-refractivity contribution in [3.63, 3.8) is 0 Å². The number of rotatable bonds is 8. The minimum absolute atomic E-state index is 0.0315. The third-order valence-corrected chi connectivity index (χ3v) is 5.29. The molecule has 1 aromatic rings. The van der Waals surface area contributed by atoms with Crippen molar-refractivity contribution in [2.45, 2.75) is 13.5 Å². The lowest BCUT2D eigenvalue weighted by molar-refractivity contribution is 0.412. The summed E-state index contributed by atoms with van der Waals surface area (Å²) >= 11 is 0. The van der Waals surface area contributed by atoms with Crippen LogP contribution >= 0.6 is 0 Å². The molecule has 20 heavy (non-hydrogen) atoms. The molecule has 0 saturated carbocycles. The summed E-state index contributed by atoms with van der Waals surface area (Å²) in [5.74, 6) is -0.0315. The Kier molecular flexibility index (Phi) is 6.06. The Morgan fingerprint density at radius 2 is 1.80 bits per heavy atom. The maximum Gasteiger partial charge on any atom is 0.211 e. The molecule has 0 spiro atoms. The normalized spacial score (nSPS) is 12.8. The summed E-state index contributed by atoms with van der Waals surface area (Å²) in [4.78, 5) is 3.86. The van der Waals surface area contributed by atoms with Gasteiger partial charge in [0.15, 0.2) is 0 Å². The molecule has 1 heterocycles. The second kappa shape index (κ2) is 7.11. The average molecular weight is 321 g/mol. The van der Waals surface area contributed by atoms with E-state index in [1.54, 1.807) is 24.5 Å². The van der Waals surface area contributed by atoms with E-state index < -0.39 is 20.0 Å². The molecule has 7 nitrogen and oxygen atoms in total. The van der Waals surface area contributed by atoms with Gasteiger partial charge < -0.3 is 0 Å². The highest BCUT2D eigenvalue weighted by Crippen LogP contribution is 2.06. The van der Waals surface area contributed by atoms with Crippen LogP contribution < -0.4 is 4.72 Å². The van der Waals surface area contributed by atoms with E-state index >= 15 is 0 Å². The molecule has 0 unspecified atom stereocenters. The second-order valence-corrected chi connectivity index (χ2v) is 8.33. The molecular formula is C11H19N3O4S2. The first-order valence-electron chi connectivity index (χ1n) is 6.06. The summed E-state index contributed by atoms with van der Waals surface area (Å²) in [5.41, 5.74) is 0.795.